The van der Waals surface area contributed by atoms with Crippen molar-refractivity contribution in [2.75, 3.05) is 26.2 Å². The van der Waals surface area contributed by atoms with E-state index < -0.39 is 0 Å². The first-order valence-corrected chi connectivity index (χ1v) is 8.38. The Morgan fingerprint density at radius 2 is 1.00 bits per heavy atom. The van der Waals surface area contributed by atoms with Gasteiger partial charge in [0.25, 0.3) is 0 Å². The summed E-state index contributed by atoms with van der Waals surface area (Å²) < 4.78 is 1.04. The molecule has 0 aliphatic carbocycles. The molecule has 0 aromatic rings. The topological polar surface area (TPSA) is 13.0 Å². The maximum absolute atomic E-state index is 5.32. The molecule has 2 aliphatic rings. The van der Waals surface area contributed by atoms with Gasteiger partial charge in [-0.1, -0.05) is 6.42 Å². The van der Waals surface area contributed by atoms with Gasteiger partial charge in [-0.25, -0.2) is 0 Å². The zero-order valence-corrected chi connectivity index (χ0v) is 14.3. The lowest BCUT2D eigenvalue weighted by molar-refractivity contribution is -0.177. The fourth-order valence-corrected chi connectivity index (χ4v) is 3.41. The second-order valence-corrected chi connectivity index (χ2v) is 7.04. The average Bonchev–Trinajstić information content (AvgIpc) is 2.89. The Hall–Kier alpha value is 0.400. The minimum absolute atomic E-state index is 0.517. The van der Waals surface area contributed by atoms with Crippen LogP contribution >= 0.6 is 49.7 Å². The van der Waals surface area contributed by atoms with Gasteiger partial charge in [-0.2, -0.15) is 20.3 Å². The molecule has 2 rings (SSSR count). The van der Waals surface area contributed by atoms with Crippen LogP contribution < -0.4 is 0 Å². The molecule has 0 saturated carbocycles. The van der Waals surface area contributed by atoms with Crippen molar-refractivity contribution in [1.82, 2.24) is 20.3 Å². The van der Waals surface area contributed by atoms with Gasteiger partial charge in [0, 0.05) is 26.2 Å². The minimum Gasteiger partial charge on any atom is -0.199 e. The summed E-state index contributed by atoms with van der Waals surface area (Å²) in [5, 5.41) is 8.25. The van der Waals surface area contributed by atoms with Crippen LogP contribution in [0.15, 0.2) is 0 Å². The van der Waals surface area contributed by atoms with Crippen LogP contribution in [0.2, 0.25) is 0 Å². The lowest BCUT2D eigenvalue weighted by Gasteiger charge is -2.47. The van der Waals surface area contributed by atoms with E-state index in [0.717, 1.165) is 26.2 Å². The standard InChI is InChI=1S/C11H20N4S4/c16-10(17)14(12-6-2-1-3-7-12)15(11(18)19)13-8-4-5-9-13/h1-9H2,(H,16,17)(H,18,19). The van der Waals surface area contributed by atoms with Crippen molar-refractivity contribution in [3.05, 3.63) is 0 Å². The van der Waals surface area contributed by atoms with Gasteiger partial charge in [-0.3, -0.25) is 0 Å². The monoisotopic (exact) mass is 336 g/mol. The van der Waals surface area contributed by atoms with Crippen LogP contribution in [0, 0.1) is 0 Å². The summed E-state index contributed by atoms with van der Waals surface area (Å²) in [6, 6.07) is 0. The Balaban J connectivity index is 2.17. The van der Waals surface area contributed by atoms with E-state index in [9.17, 15) is 0 Å². The third-order valence-electron chi connectivity index (χ3n) is 3.47. The van der Waals surface area contributed by atoms with Gasteiger partial charge < -0.3 is 0 Å². The Bertz CT molecular complexity index is 340. The number of thiol groups is 2. The SMILES string of the molecule is S=C(S)N(N1CCCCC1)N(C(=S)S)N1CCCC1. The number of hydrazine groups is 3. The van der Waals surface area contributed by atoms with Gasteiger partial charge >= 0.3 is 0 Å². The predicted molar refractivity (Wildman–Crippen MR) is 93.1 cm³/mol. The number of rotatable bonds is 2. The molecule has 2 heterocycles. The van der Waals surface area contributed by atoms with Crippen LogP contribution in [-0.2, 0) is 0 Å². The lowest BCUT2D eigenvalue weighted by atomic mass is 10.2. The maximum Gasteiger partial charge on any atom is 0.171 e. The van der Waals surface area contributed by atoms with Crippen LogP contribution in [0.1, 0.15) is 32.1 Å². The van der Waals surface area contributed by atoms with Crippen LogP contribution in [0.4, 0.5) is 0 Å². The number of piperidine rings is 1. The molecule has 0 atom stereocenters. The van der Waals surface area contributed by atoms with Gasteiger partial charge in [0.15, 0.2) is 8.64 Å². The number of hydrogen-bond acceptors (Lipinski definition) is 4. The Morgan fingerprint density at radius 3 is 1.32 bits per heavy atom. The third kappa shape index (κ3) is 3.95. The van der Waals surface area contributed by atoms with Gasteiger partial charge in [-0.05, 0) is 50.1 Å². The molecule has 108 valence electrons. The zero-order chi connectivity index (χ0) is 13.8. The van der Waals surface area contributed by atoms with E-state index in [1.807, 2.05) is 10.2 Å². The number of nitrogens with zero attached hydrogens (tertiary/aromatic N) is 4. The summed E-state index contributed by atoms with van der Waals surface area (Å²) >= 11 is 19.4. The lowest BCUT2D eigenvalue weighted by Crippen LogP contribution is -2.61. The van der Waals surface area contributed by atoms with E-state index >= 15 is 0 Å². The molecule has 2 saturated heterocycles. The molecule has 0 radical (unpaired) electrons. The predicted octanol–water partition coefficient (Wildman–Crippen LogP) is 2.35. The normalized spacial score (nSPS) is 21.4. The summed E-state index contributed by atoms with van der Waals surface area (Å²) in [6.07, 6.45) is 6.00. The number of hydrogen-bond donors (Lipinski definition) is 2. The van der Waals surface area contributed by atoms with Crippen LogP contribution in [0.5, 0.6) is 0 Å². The van der Waals surface area contributed by atoms with Crippen molar-refractivity contribution in [1.29, 1.82) is 0 Å². The fourth-order valence-electron chi connectivity index (χ4n) is 2.60. The molecular formula is C11H20N4S4. The molecule has 19 heavy (non-hydrogen) atoms. The second-order valence-electron chi connectivity index (χ2n) is 4.82. The molecule has 2 aliphatic heterocycles. The molecular weight excluding hydrogens is 316 g/mol. The molecule has 8 heteroatoms. The van der Waals surface area contributed by atoms with Crippen molar-refractivity contribution in [3.63, 3.8) is 0 Å². The fraction of sp³-hybridized carbons (Fsp3) is 0.818. The largest absolute Gasteiger partial charge is 0.199 e. The van der Waals surface area contributed by atoms with E-state index in [-0.39, 0.29) is 0 Å². The molecule has 0 aromatic heterocycles. The second kappa shape index (κ2) is 7.42. The van der Waals surface area contributed by atoms with E-state index in [4.69, 9.17) is 24.4 Å². The summed E-state index contributed by atoms with van der Waals surface area (Å²) in [5.74, 6) is 0. The molecule has 0 unspecified atom stereocenters. The third-order valence-corrected chi connectivity index (χ3v) is 4.16. The highest BCUT2D eigenvalue weighted by Gasteiger charge is 2.31. The summed E-state index contributed by atoms with van der Waals surface area (Å²) in [5.41, 5.74) is 0. The summed E-state index contributed by atoms with van der Waals surface area (Å²) in [4.78, 5) is 0. The van der Waals surface area contributed by atoms with Crippen LogP contribution in [0.3, 0.4) is 0 Å². The van der Waals surface area contributed by atoms with E-state index in [1.54, 1.807) is 0 Å². The van der Waals surface area contributed by atoms with Crippen molar-refractivity contribution in [2.24, 2.45) is 0 Å². The zero-order valence-electron chi connectivity index (χ0n) is 10.9. The molecule has 2 fully saturated rings. The molecule has 0 bridgehead atoms. The van der Waals surface area contributed by atoms with E-state index in [2.05, 4.69) is 35.3 Å². The highest BCUT2D eigenvalue weighted by Crippen LogP contribution is 2.22. The van der Waals surface area contributed by atoms with Crippen molar-refractivity contribution in [3.8, 4) is 0 Å². The van der Waals surface area contributed by atoms with Gasteiger partial charge in [0.05, 0.1) is 0 Å². The smallest absolute Gasteiger partial charge is 0.171 e. The van der Waals surface area contributed by atoms with Crippen molar-refractivity contribution < 1.29 is 0 Å². The average molecular weight is 337 g/mol. The molecule has 4 nitrogen and oxygen atoms in total. The Labute approximate surface area is 136 Å². The van der Waals surface area contributed by atoms with E-state index in [0.29, 0.717) is 8.64 Å². The summed E-state index contributed by atoms with van der Waals surface area (Å²) in [6.45, 7) is 3.95. The first-order valence-electron chi connectivity index (χ1n) is 6.67. The Morgan fingerprint density at radius 1 is 0.684 bits per heavy atom. The first kappa shape index (κ1) is 15.8. The maximum atomic E-state index is 5.32. The molecule has 0 spiro atoms. The van der Waals surface area contributed by atoms with Gasteiger partial charge in [-0.15, -0.1) is 25.3 Å². The molecule has 0 amide bonds. The molecule has 0 aromatic carbocycles. The van der Waals surface area contributed by atoms with Crippen LogP contribution in [0.25, 0.3) is 0 Å². The highest BCUT2D eigenvalue weighted by molar-refractivity contribution is 8.11. The number of thiocarbonyl (C=S) groups is 2. The summed E-state index contributed by atoms with van der Waals surface area (Å²) in [7, 11) is 0. The Kier molecular flexibility index (Phi) is 6.16. The molecule has 0 N–H and O–H groups in total. The van der Waals surface area contributed by atoms with Gasteiger partial charge in [0.1, 0.15) is 0 Å². The van der Waals surface area contributed by atoms with Crippen LogP contribution in [-0.4, -0.2) is 55.1 Å². The quantitative estimate of drug-likeness (QED) is 0.453. The van der Waals surface area contributed by atoms with Crippen molar-refractivity contribution in [2.45, 2.75) is 32.1 Å². The van der Waals surface area contributed by atoms with Gasteiger partial charge in [0.2, 0.25) is 0 Å². The highest BCUT2D eigenvalue weighted by atomic mass is 32.1. The minimum atomic E-state index is 0.517. The van der Waals surface area contributed by atoms with E-state index in [1.165, 1.54) is 32.1 Å². The first-order chi connectivity index (χ1) is 9.11. The van der Waals surface area contributed by atoms with Crippen molar-refractivity contribution >= 4 is 58.3 Å².